The maximum Gasteiger partial charge on any atom is 0.339 e. The van der Waals surface area contributed by atoms with Gasteiger partial charge in [-0.1, -0.05) is 41.9 Å². The zero-order valence-corrected chi connectivity index (χ0v) is 16.6. The number of aromatic carboxylic acids is 1. The van der Waals surface area contributed by atoms with Crippen LogP contribution in [0.2, 0.25) is 5.02 Å². The van der Waals surface area contributed by atoms with Gasteiger partial charge in [-0.15, -0.1) is 11.3 Å². The van der Waals surface area contributed by atoms with Gasteiger partial charge in [0, 0.05) is 27.5 Å². The fraction of sp³-hybridized carbons (Fsp3) is 0.0455. The van der Waals surface area contributed by atoms with Gasteiger partial charge >= 0.3 is 5.97 Å². The summed E-state index contributed by atoms with van der Waals surface area (Å²) in [7, 11) is 0. The highest BCUT2D eigenvalue weighted by Gasteiger charge is 2.21. The van der Waals surface area contributed by atoms with E-state index in [9.17, 15) is 14.7 Å². The third-order valence-corrected chi connectivity index (χ3v) is 5.57. The number of nitrogens with zero attached hydrogens (tertiary/aromatic N) is 1. The molecular formula is C22H15ClN2O3S. The number of carboxylic acid groups (broad SMARTS) is 1. The molecule has 0 aliphatic rings. The number of amides is 1. The zero-order chi connectivity index (χ0) is 20.4. The maximum absolute atomic E-state index is 12.5. The largest absolute Gasteiger partial charge is 0.478 e. The van der Waals surface area contributed by atoms with Crippen molar-refractivity contribution in [3.63, 3.8) is 0 Å². The van der Waals surface area contributed by atoms with E-state index in [-0.39, 0.29) is 17.9 Å². The van der Waals surface area contributed by atoms with Gasteiger partial charge in [-0.3, -0.25) is 9.78 Å². The van der Waals surface area contributed by atoms with Crippen LogP contribution in [-0.4, -0.2) is 22.0 Å². The van der Waals surface area contributed by atoms with Crippen LogP contribution in [0.25, 0.3) is 22.0 Å². The van der Waals surface area contributed by atoms with Crippen molar-refractivity contribution in [2.75, 3.05) is 5.32 Å². The summed E-state index contributed by atoms with van der Waals surface area (Å²) in [6.45, 7) is 0. The van der Waals surface area contributed by atoms with Crippen LogP contribution in [0.3, 0.4) is 0 Å². The number of rotatable bonds is 5. The van der Waals surface area contributed by atoms with Crippen LogP contribution in [0.1, 0.15) is 15.9 Å². The molecule has 29 heavy (non-hydrogen) atoms. The number of carbonyl (C=O) groups is 2. The molecule has 2 aromatic carbocycles. The SMILES string of the molecule is O=C(Cc1cnc2ccccc2c1)Nc1scc(-c2ccc(Cl)cc2)c1C(=O)O. The molecule has 0 spiro atoms. The van der Waals surface area contributed by atoms with E-state index in [1.165, 1.54) is 11.3 Å². The minimum Gasteiger partial charge on any atom is -0.478 e. The van der Waals surface area contributed by atoms with Crippen molar-refractivity contribution in [2.24, 2.45) is 0 Å². The Morgan fingerprint density at radius 2 is 1.86 bits per heavy atom. The lowest BCUT2D eigenvalue weighted by molar-refractivity contribution is -0.115. The number of halogens is 1. The molecule has 0 bridgehead atoms. The Balaban J connectivity index is 1.57. The van der Waals surface area contributed by atoms with Crippen LogP contribution in [-0.2, 0) is 11.2 Å². The van der Waals surface area contributed by atoms with Gasteiger partial charge in [0.05, 0.1) is 11.9 Å². The Bertz CT molecular complexity index is 1220. The van der Waals surface area contributed by atoms with E-state index in [1.807, 2.05) is 30.3 Å². The molecular weight excluding hydrogens is 408 g/mol. The molecule has 0 atom stereocenters. The number of pyridine rings is 1. The fourth-order valence-electron chi connectivity index (χ4n) is 3.07. The van der Waals surface area contributed by atoms with Crippen molar-refractivity contribution in [2.45, 2.75) is 6.42 Å². The van der Waals surface area contributed by atoms with Crippen molar-refractivity contribution >= 4 is 50.7 Å². The third kappa shape index (κ3) is 4.13. The lowest BCUT2D eigenvalue weighted by atomic mass is 10.0. The number of para-hydroxylation sites is 1. The Morgan fingerprint density at radius 3 is 2.62 bits per heavy atom. The predicted octanol–water partition coefficient (Wildman–Crippen LogP) is 5.50. The highest BCUT2D eigenvalue weighted by Crippen LogP contribution is 2.36. The van der Waals surface area contributed by atoms with Gasteiger partial charge < -0.3 is 10.4 Å². The molecule has 2 heterocycles. The van der Waals surface area contributed by atoms with Gasteiger partial charge in [0.25, 0.3) is 0 Å². The Hall–Kier alpha value is -3.22. The number of carboxylic acids is 1. The number of hydrogen-bond donors (Lipinski definition) is 2. The van der Waals surface area contributed by atoms with Crippen molar-refractivity contribution in [3.8, 4) is 11.1 Å². The van der Waals surface area contributed by atoms with Crippen molar-refractivity contribution in [1.82, 2.24) is 4.98 Å². The maximum atomic E-state index is 12.5. The Kier molecular flexibility index (Phi) is 5.29. The average molecular weight is 423 g/mol. The lowest BCUT2D eigenvalue weighted by Crippen LogP contribution is -2.15. The molecule has 1 amide bonds. The smallest absolute Gasteiger partial charge is 0.339 e. The monoisotopic (exact) mass is 422 g/mol. The highest BCUT2D eigenvalue weighted by molar-refractivity contribution is 7.15. The molecule has 4 rings (SSSR count). The van der Waals surface area contributed by atoms with E-state index in [1.54, 1.807) is 35.8 Å². The van der Waals surface area contributed by atoms with E-state index in [0.29, 0.717) is 15.6 Å². The van der Waals surface area contributed by atoms with Crippen LogP contribution in [0, 0.1) is 0 Å². The summed E-state index contributed by atoms with van der Waals surface area (Å²) in [5.41, 5.74) is 2.95. The van der Waals surface area contributed by atoms with Crippen molar-refractivity contribution in [1.29, 1.82) is 0 Å². The summed E-state index contributed by atoms with van der Waals surface area (Å²) in [5.74, 6) is -1.40. The van der Waals surface area contributed by atoms with Gasteiger partial charge in [-0.2, -0.15) is 0 Å². The van der Waals surface area contributed by atoms with Gasteiger partial charge in [0.15, 0.2) is 0 Å². The molecule has 0 unspecified atom stereocenters. The number of anilines is 1. The number of carbonyl (C=O) groups excluding carboxylic acids is 1. The molecule has 0 aliphatic carbocycles. The van der Waals surface area contributed by atoms with E-state index < -0.39 is 5.97 Å². The highest BCUT2D eigenvalue weighted by atomic mass is 35.5. The molecule has 0 saturated carbocycles. The molecule has 2 N–H and O–H groups in total. The standard InChI is InChI=1S/C22H15ClN2O3S/c23-16-7-5-14(6-8-16)17-12-29-21(20(17)22(27)28)25-19(26)10-13-9-15-3-1-2-4-18(15)24-11-13/h1-9,11-12H,10H2,(H,25,26)(H,27,28). The first-order chi connectivity index (χ1) is 14.0. The van der Waals surface area contributed by atoms with E-state index in [4.69, 9.17) is 11.6 Å². The van der Waals surface area contributed by atoms with Crippen molar-refractivity contribution in [3.05, 3.63) is 82.3 Å². The van der Waals surface area contributed by atoms with Gasteiger partial charge in [-0.05, 0) is 35.4 Å². The fourth-order valence-corrected chi connectivity index (χ4v) is 4.18. The number of aromatic nitrogens is 1. The summed E-state index contributed by atoms with van der Waals surface area (Å²) in [6.07, 6.45) is 1.76. The molecule has 4 aromatic rings. The number of benzene rings is 2. The summed E-state index contributed by atoms with van der Waals surface area (Å²) in [5, 5.41) is 16.0. The normalized spacial score (nSPS) is 10.8. The summed E-state index contributed by atoms with van der Waals surface area (Å²) in [4.78, 5) is 28.7. The molecule has 5 nitrogen and oxygen atoms in total. The summed E-state index contributed by atoms with van der Waals surface area (Å²) >= 11 is 7.10. The topological polar surface area (TPSA) is 79.3 Å². The summed E-state index contributed by atoms with van der Waals surface area (Å²) < 4.78 is 0. The minimum atomic E-state index is -1.10. The van der Waals surface area contributed by atoms with Crippen LogP contribution >= 0.6 is 22.9 Å². The van der Waals surface area contributed by atoms with Gasteiger partial charge in [0.1, 0.15) is 10.6 Å². The number of thiophene rings is 1. The van der Waals surface area contributed by atoms with E-state index >= 15 is 0 Å². The van der Waals surface area contributed by atoms with Crippen LogP contribution < -0.4 is 5.32 Å². The molecule has 144 valence electrons. The van der Waals surface area contributed by atoms with Crippen molar-refractivity contribution < 1.29 is 14.7 Å². The predicted molar refractivity (Wildman–Crippen MR) is 116 cm³/mol. The molecule has 7 heteroatoms. The quantitative estimate of drug-likeness (QED) is 0.445. The second-order valence-electron chi connectivity index (χ2n) is 6.43. The first kappa shape index (κ1) is 19.1. The molecule has 0 saturated heterocycles. The van der Waals surface area contributed by atoms with E-state index in [0.717, 1.165) is 22.0 Å². The number of hydrogen-bond acceptors (Lipinski definition) is 4. The van der Waals surface area contributed by atoms with Crippen LogP contribution in [0.4, 0.5) is 5.00 Å². The van der Waals surface area contributed by atoms with Gasteiger partial charge in [-0.25, -0.2) is 4.79 Å². The van der Waals surface area contributed by atoms with Crippen LogP contribution in [0.5, 0.6) is 0 Å². The Morgan fingerprint density at radius 1 is 1.10 bits per heavy atom. The molecule has 0 radical (unpaired) electrons. The molecule has 0 aliphatic heterocycles. The first-order valence-corrected chi connectivity index (χ1v) is 10.0. The molecule has 0 fully saturated rings. The third-order valence-electron chi connectivity index (χ3n) is 4.42. The van der Waals surface area contributed by atoms with Gasteiger partial charge in [0.2, 0.25) is 5.91 Å². The Labute approximate surface area is 175 Å². The number of nitrogens with one attached hydrogen (secondary N) is 1. The first-order valence-electron chi connectivity index (χ1n) is 8.75. The second-order valence-corrected chi connectivity index (χ2v) is 7.74. The summed E-state index contributed by atoms with van der Waals surface area (Å²) in [6, 6.07) is 16.5. The minimum absolute atomic E-state index is 0.0716. The van der Waals surface area contributed by atoms with E-state index in [2.05, 4.69) is 10.3 Å². The van der Waals surface area contributed by atoms with Crippen LogP contribution in [0.15, 0.2) is 66.2 Å². The second kappa shape index (κ2) is 8.03. The average Bonchev–Trinajstić information content (AvgIpc) is 3.12. The number of fused-ring (bicyclic) bond motifs is 1. The molecule has 2 aromatic heterocycles. The zero-order valence-electron chi connectivity index (χ0n) is 15.1. The lowest BCUT2D eigenvalue weighted by Gasteiger charge is -2.07.